The number of para-hydroxylation sites is 1. The van der Waals surface area contributed by atoms with E-state index in [1.54, 1.807) is 0 Å². The van der Waals surface area contributed by atoms with E-state index in [9.17, 15) is 0 Å². The maximum Gasteiger partial charge on any atom is 0.0712 e. The van der Waals surface area contributed by atoms with Gasteiger partial charge in [0.1, 0.15) is 0 Å². The molecule has 0 amide bonds. The number of hydrogen-bond donors (Lipinski definition) is 0. The molecule has 0 unspecified atom stereocenters. The first-order valence-corrected chi connectivity index (χ1v) is 6.83. The molecule has 0 radical (unpaired) electrons. The van der Waals surface area contributed by atoms with Gasteiger partial charge in [0.05, 0.1) is 11.2 Å². The first kappa shape index (κ1) is 12.4. The normalized spacial score (nSPS) is 12.2. The zero-order chi connectivity index (χ0) is 13.6. The number of nitrogens with zero attached hydrogens (tertiary/aromatic N) is 1. The van der Waals surface area contributed by atoms with E-state index in [2.05, 4.69) is 45.0 Å². The summed E-state index contributed by atoms with van der Waals surface area (Å²) in [6.45, 7) is 6.55. The molecular weight excluding hydrogens is 254 g/mol. The maximum atomic E-state index is 6.16. The van der Waals surface area contributed by atoms with Crippen molar-refractivity contribution in [1.82, 2.24) is 4.98 Å². The Hall–Kier alpha value is -1.60. The first-order chi connectivity index (χ1) is 8.97. The Kier molecular flexibility index (Phi) is 2.75. The second-order valence-electron chi connectivity index (χ2n) is 5.92. The maximum absolute atomic E-state index is 6.16. The summed E-state index contributed by atoms with van der Waals surface area (Å²) in [6, 6.07) is 14.3. The number of fused-ring (bicyclic) bond motifs is 3. The Bertz CT molecular complexity index is 769. The van der Waals surface area contributed by atoms with Crippen LogP contribution in [0.5, 0.6) is 0 Å². The van der Waals surface area contributed by atoms with Gasteiger partial charge in [0.25, 0.3) is 0 Å². The smallest absolute Gasteiger partial charge is 0.0712 e. The number of aromatic nitrogens is 1. The van der Waals surface area contributed by atoms with E-state index in [4.69, 9.17) is 16.6 Å². The van der Waals surface area contributed by atoms with Gasteiger partial charge in [-0.1, -0.05) is 56.6 Å². The molecule has 1 heterocycles. The van der Waals surface area contributed by atoms with Gasteiger partial charge in [0.15, 0.2) is 0 Å². The molecule has 0 aliphatic heterocycles. The molecule has 3 aromatic rings. The van der Waals surface area contributed by atoms with E-state index in [-0.39, 0.29) is 5.41 Å². The predicted molar refractivity (Wildman–Crippen MR) is 83.0 cm³/mol. The van der Waals surface area contributed by atoms with Crippen LogP contribution in [0, 0.1) is 0 Å². The highest BCUT2D eigenvalue weighted by Gasteiger charge is 2.20. The van der Waals surface area contributed by atoms with Crippen molar-refractivity contribution in [3.05, 3.63) is 53.2 Å². The molecule has 2 aromatic carbocycles. The fourth-order valence-electron chi connectivity index (χ4n) is 2.50. The lowest BCUT2D eigenvalue weighted by Gasteiger charge is -2.21. The van der Waals surface area contributed by atoms with Crippen molar-refractivity contribution in [2.75, 3.05) is 0 Å². The summed E-state index contributed by atoms with van der Waals surface area (Å²) in [7, 11) is 0. The van der Waals surface area contributed by atoms with Crippen molar-refractivity contribution in [2.24, 2.45) is 0 Å². The molecule has 0 saturated heterocycles. The summed E-state index contributed by atoms with van der Waals surface area (Å²) in [6.07, 6.45) is 0. The first-order valence-electron chi connectivity index (χ1n) is 6.45. The van der Waals surface area contributed by atoms with Gasteiger partial charge in [0.2, 0.25) is 0 Å². The van der Waals surface area contributed by atoms with Gasteiger partial charge >= 0.3 is 0 Å². The highest BCUT2D eigenvalue weighted by molar-refractivity contribution is 6.31. The van der Waals surface area contributed by atoms with Crippen molar-refractivity contribution >= 4 is 33.3 Å². The molecule has 0 aliphatic rings. The Morgan fingerprint density at radius 1 is 0.895 bits per heavy atom. The van der Waals surface area contributed by atoms with Crippen LogP contribution in [0.25, 0.3) is 21.7 Å². The minimum absolute atomic E-state index is 0.00698. The molecule has 0 atom stereocenters. The Balaban J connectivity index is 2.55. The third-order valence-electron chi connectivity index (χ3n) is 3.37. The van der Waals surface area contributed by atoms with Crippen LogP contribution in [0.3, 0.4) is 0 Å². The van der Waals surface area contributed by atoms with Gasteiger partial charge in [-0.2, -0.15) is 0 Å². The summed E-state index contributed by atoms with van der Waals surface area (Å²) < 4.78 is 0. The van der Waals surface area contributed by atoms with Crippen LogP contribution in [0.1, 0.15) is 26.5 Å². The average Bonchev–Trinajstić information content (AvgIpc) is 2.36. The molecule has 0 N–H and O–H groups in total. The lowest BCUT2D eigenvalue weighted by Crippen LogP contribution is -2.14. The largest absolute Gasteiger partial charge is 0.252 e. The minimum atomic E-state index is -0.00698. The van der Waals surface area contributed by atoms with Crippen LogP contribution in [-0.4, -0.2) is 4.98 Å². The van der Waals surface area contributed by atoms with E-state index in [0.717, 1.165) is 21.6 Å². The third kappa shape index (κ3) is 2.08. The van der Waals surface area contributed by atoms with Gasteiger partial charge in [-0.05, 0) is 23.6 Å². The zero-order valence-corrected chi connectivity index (χ0v) is 12.1. The summed E-state index contributed by atoms with van der Waals surface area (Å²) in [5, 5.41) is 4.32. The van der Waals surface area contributed by atoms with Crippen molar-refractivity contribution in [1.29, 1.82) is 0 Å². The van der Waals surface area contributed by atoms with E-state index >= 15 is 0 Å². The van der Waals surface area contributed by atoms with Crippen LogP contribution in [0.2, 0.25) is 5.02 Å². The van der Waals surface area contributed by atoms with Crippen LogP contribution in [-0.2, 0) is 5.41 Å². The van der Waals surface area contributed by atoms with Gasteiger partial charge < -0.3 is 0 Å². The monoisotopic (exact) mass is 269 g/mol. The Labute approximate surface area is 118 Å². The van der Waals surface area contributed by atoms with Gasteiger partial charge in [-0.3, -0.25) is 4.98 Å². The van der Waals surface area contributed by atoms with E-state index in [0.29, 0.717) is 0 Å². The molecule has 96 valence electrons. The molecule has 0 saturated carbocycles. The fourth-order valence-corrected chi connectivity index (χ4v) is 2.67. The lowest BCUT2D eigenvalue weighted by atomic mass is 9.87. The van der Waals surface area contributed by atoms with Gasteiger partial charge in [0, 0.05) is 21.2 Å². The highest BCUT2D eigenvalue weighted by Crippen LogP contribution is 2.34. The second-order valence-corrected chi connectivity index (χ2v) is 6.35. The van der Waals surface area contributed by atoms with Crippen molar-refractivity contribution in [3.63, 3.8) is 0 Å². The molecule has 0 fully saturated rings. The van der Waals surface area contributed by atoms with E-state index in [1.807, 2.05) is 18.2 Å². The molecule has 1 nitrogen and oxygen atoms in total. The quantitative estimate of drug-likeness (QED) is 0.502. The van der Waals surface area contributed by atoms with Crippen LogP contribution in [0.4, 0.5) is 0 Å². The topological polar surface area (TPSA) is 12.9 Å². The minimum Gasteiger partial charge on any atom is -0.252 e. The molecule has 3 rings (SSSR count). The van der Waals surface area contributed by atoms with Gasteiger partial charge in [-0.15, -0.1) is 0 Å². The zero-order valence-electron chi connectivity index (χ0n) is 11.4. The van der Waals surface area contributed by atoms with Crippen LogP contribution in [0.15, 0.2) is 42.5 Å². The molecule has 0 bridgehead atoms. The van der Waals surface area contributed by atoms with Crippen molar-refractivity contribution < 1.29 is 0 Å². The van der Waals surface area contributed by atoms with Crippen LogP contribution < -0.4 is 0 Å². The summed E-state index contributed by atoms with van der Waals surface area (Å²) >= 11 is 6.16. The predicted octanol–water partition coefficient (Wildman–Crippen LogP) is 5.34. The molecule has 0 spiro atoms. The van der Waals surface area contributed by atoms with E-state index in [1.165, 1.54) is 10.8 Å². The molecule has 2 heteroatoms. The number of pyridine rings is 1. The van der Waals surface area contributed by atoms with E-state index < -0.39 is 0 Å². The lowest BCUT2D eigenvalue weighted by molar-refractivity contribution is 0.578. The molecule has 1 aromatic heterocycles. The standard InChI is InChI=1S/C17H16ClN/c1-17(2,3)16-14-10-11(18)8-9-12(14)13-6-4-5-7-15(13)19-16/h4-10H,1-3H3. The Morgan fingerprint density at radius 3 is 2.37 bits per heavy atom. The number of halogens is 1. The average molecular weight is 270 g/mol. The number of hydrogen-bond acceptors (Lipinski definition) is 1. The fraction of sp³-hybridized carbons (Fsp3) is 0.235. The number of rotatable bonds is 0. The molecule has 19 heavy (non-hydrogen) atoms. The molecular formula is C17H16ClN. The summed E-state index contributed by atoms with van der Waals surface area (Å²) in [5.74, 6) is 0. The van der Waals surface area contributed by atoms with Crippen molar-refractivity contribution in [3.8, 4) is 0 Å². The Morgan fingerprint density at radius 2 is 1.63 bits per heavy atom. The SMILES string of the molecule is CC(C)(C)c1nc2ccccc2c2ccc(Cl)cc12. The van der Waals surface area contributed by atoms with Crippen LogP contribution >= 0.6 is 11.6 Å². The summed E-state index contributed by atoms with van der Waals surface area (Å²) in [5.41, 5.74) is 2.14. The summed E-state index contributed by atoms with van der Waals surface area (Å²) in [4.78, 5) is 4.86. The number of benzene rings is 2. The third-order valence-corrected chi connectivity index (χ3v) is 3.61. The van der Waals surface area contributed by atoms with Crippen molar-refractivity contribution in [2.45, 2.75) is 26.2 Å². The highest BCUT2D eigenvalue weighted by atomic mass is 35.5. The van der Waals surface area contributed by atoms with Gasteiger partial charge in [-0.25, -0.2) is 0 Å². The molecule has 0 aliphatic carbocycles. The second kappa shape index (κ2) is 4.21.